The van der Waals surface area contributed by atoms with Crippen LogP contribution in [0.4, 0.5) is 5.69 Å². The zero-order valence-corrected chi connectivity index (χ0v) is 15.6. The number of anilines is 1. The van der Waals surface area contributed by atoms with Crippen molar-refractivity contribution in [2.24, 2.45) is 5.92 Å². The van der Waals surface area contributed by atoms with Crippen molar-refractivity contribution in [2.75, 3.05) is 5.32 Å². The molecule has 0 bridgehead atoms. The molecule has 0 saturated heterocycles. The number of aliphatic hydroxyl groups excluding tert-OH is 1. The second-order valence-corrected chi connectivity index (χ2v) is 6.60. The zero-order valence-electron chi connectivity index (χ0n) is 15.6. The number of hydrogen-bond donors (Lipinski definition) is 3. The molecule has 0 aliphatic carbocycles. The molecule has 5 nitrogen and oxygen atoms in total. The van der Waals surface area contributed by atoms with E-state index >= 15 is 0 Å². The number of para-hydroxylation sites is 1. The second-order valence-electron chi connectivity index (χ2n) is 6.60. The van der Waals surface area contributed by atoms with Crippen LogP contribution in [-0.4, -0.2) is 29.1 Å². The first-order valence-corrected chi connectivity index (χ1v) is 9.33. The molecule has 5 heteroatoms. The highest BCUT2D eigenvalue weighted by molar-refractivity contribution is 5.95. The summed E-state index contributed by atoms with van der Waals surface area (Å²) in [5, 5.41) is 16.0. The van der Waals surface area contributed by atoms with Gasteiger partial charge in [0.25, 0.3) is 5.91 Å². The van der Waals surface area contributed by atoms with Crippen molar-refractivity contribution in [1.29, 1.82) is 0 Å². The van der Waals surface area contributed by atoms with Gasteiger partial charge in [-0.1, -0.05) is 64.7 Å². The molecule has 140 valence electrons. The highest BCUT2D eigenvalue weighted by Crippen LogP contribution is 2.13. The molecule has 25 heavy (non-hydrogen) atoms. The molecule has 0 radical (unpaired) electrons. The van der Waals surface area contributed by atoms with Gasteiger partial charge in [-0.2, -0.15) is 0 Å². The van der Waals surface area contributed by atoms with E-state index in [1.54, 1.807) is 12.1 Å². The van der Waals surface area contributed by atoms with Crippen LogP contribution in [0.25, 0.3) is 0 Å². The average molecular weight is 348 g/mol. The molecule has 0 spiro atoms. The average Bonchev–Trinajstić information content (AvgIpc) is 2.61. The van der Waals surface area contributed by atoms with E-state index < -0.39 is 18.1 Å². The first kappa shape index (κ1) is 21.2. The van der Waals surface area contributed by atoms with E-state index in [0.717, 1.165) is 32.1 Å². The van der Waals surface area contributed by atoms with Crippen LogP contribution in [0, 0.1) is 5.92 Å². The Labute approximate surface area is 151 Å². The number of rotatable bonds is 11. The van der Waals surface area contributed by atoms with Crippen molar-refractivity contribution in [3.05, 3.63) is 30.3 Å². The van der Waals surface area contributed by atoms with E-state index in [1.165, 1.54) is 0 Å². The molecule has 1 rings (SSSR count). The van der Waals surface area contributed by atoms with Gasteiger partial charge < -0.3 is 15.7 Å². The van der Waals surface area contributed by atoms with E-state index in [-0.39, 0.29) is 11.8 Å². The SMILES string of the molecule is CCCCC[C@H](NC(=O)[C@@H](C)CCC)C(O)C(=O)Nc1ccccc1. The lowest BCUT2D eigenvalue weighted by Gasteiger charge is -2.25. The maximum atomic E-state index is 12.4. The highest BCUT2D eigenvalue weighted by Gasteiger charge is 2.28. The molecule has 3 N–H and O–H groups in total. The molecule has 0 aromatic heterocycles. The number of hydrogen-bond acceptors (Lipinski definition) is 3. The monoisotopic (exact) mass is 348 g/mol. The predicted octanol–water partition coefficient (Wildman–Crippen LogP) is 3.49. The Morgan fingerprint density at radius 3 is 2.28 bits per heavy atom. The number of carbonyl (C=O) groups excluding carboxylic acids is 2. The number of benzene rings is 1. The fourth-order valence-corrected chi connectivity index (χ4v) is 2.73. The van der Waals surface area contributed by atoms with Crippen LogP contribution in [0.15, 0.2) is 30.3 Å². The summed E-state index contributed by atoms with van der Waals surface area (Å²) in [6.07, 6.45) is 3.94. The molecule has 1 aromatic carbocycles. The van der Waals surface area contributed by atoms with E-state index in [0.29, 0.717) is 12.1 Å². The van der Waals surface area contributed by atoms with Crippen molar-refractivity contribution in [1.82, 2.24) is 5.32 Å². The van der Waals surface area contributed by atoms with Crippen LogP contribution < -0.4 is 10.6 Å². The van der Waals surface area contributed by atoms with Gasteiger partial charge in [-0.05, 0) is 25.0 Å². The van der Waals surface area contributed by atoms with E-state index in [2.05, 4.69) is 17.6 Å². The topological polar surface area (TPSA) is 78.4 Å². The molecule has 3 atom stereocenters. The van der Waals surface area contributed by atoms with Crippen molar-refractivity contribution >= 4 is 17.5 Å². The fourth-order valence-electron chi connectivity index (χ4n) is 2.73. The third-order valence-electron chi connectivity index (χ3n) is 4.31. The number of nitrogens with one attached hydrogen (secondary N) is 2. The molecule has 0 aliphatic heterocycles. The number of carbonyl (C=O) groups is 2. The summed E-state index contributed by atoms with van der Waals surface area (Å²) in [4.78, 5) is 24.7. The van der Waals surface area contributed by atoms with Gasteiger partial charge in [0.05, 0.1) is 6.04 Å². The van der Waals surface area contributed by atoms with Gasteiger partial charge in [0.15, 0.2) is 6.10 Å². The van der Waals surface area contributed by atoms with Gasteiger partial charge >= 0.3 is 0 Å². The van der Waals surface area contributed by atoms with E-state index in [1.807, 2.05) is 32.0 Å². The van der Waals surface area contributed by atoms with Crippen LogP contribution in [0.3, 0.4) is 0 Å². The van der Waals surface area contributed by atoms with Gasteiger partial charge in [-0.25, -0.2) is 0 Å². The highest BCUT2D eigenvalue weighted by atomic mass is 16.3. The fraction of sp³-hybridized carbons (Fsp3) is 0.600. The number of unbranched alkanes of at least 4 members (excludes halogenated alkanes) is 2. The molecule has 1 unspecified atom stereocenters. The molecular weight excluding hydrogens is 316 g/mol. The standard InChI is InChI=1S/C20H32N2O3/c1-4-6-8-14-17(22-19(24)15(3)11-5-2)18(23)20(25)21-16-12-9-7-10-13-16/h7,9-10,12-13,15,17-18,23H,4-6,8,11,14H2,1-3H3,(H,21,25)(H,22,24)/t15-,17-,18?/m0/s1. The molecule has 0 fully saturated rings. The first-order valence-electron chi connectivity index (χ1n) is 9.33. The molecule has 1 aromatic rings. The Balaban J connectivity index is 2.71. The maximum Gasteiger partial charge on any atom is 0.255 e. The summed E-state index contributed by atoms with van der Waals surface area (Å²) in [7, 11) is 0. The largest absolute Gasteiger partial charge is 0.381 e. The second kappa shape index (κ2) is 11.6. The van der Waals surface area contributed by atoms with E-state index in [9.17, 15) is 14.7 Å². The quantitative estimate of drug-likeness (QED) is 0.536. The normalized spacial score (nSPS) is 14.4. The molecule has 0 heterocycles. The van der Waals surface area contributed by atoms with Crippen LogP contribution in [-0.2, 0) is 9.59 Å². The van der Waals surface area contributed by atoms with Gasteiger partial charge in [0, 0.05) is 11.6 Å². The summed E-state index contributed by atoms with van der Waals surface area (Å²) >= 11 is 0. The van der Waals surface area contributed by atoms with Gasteiger partial charge in [0.1, 0.15) is 0 Å². The Bertz CT molecular complexity index is 519. The van der Waals surface area contributed by atoms with Gasteiger partial charge in [-0.3, -0.25) is 9.59 Å². The third-order valence-corrected chi connectivity index (χ3v) is 4.31. The van der Waals surface area contributed by atoms with Crippen molar-refractivity contribution in [2.45, 2.75) is 71.4 Å². The Morgan fingerprint density at radius 1 is 1.00 bits per heavy atom. The number of amides is 2. The predicted molar refractivity (Wildman–Crippen MR) is 101 cm³/mol. The lowest BCUT2D eigenvalue weighted by Crippen LogP contribution is -2.50. The van der Waals surface area contributed by atoms with Crippen LogP contribution in [0.1, 0.15) is 59.3 Å². The molecule has 0 aliphatic rings. The Hall–Kier alpha value is -1.88. The minimum Gasteiger partial charge on any atom is -0.381 e. The zero-order chi connectivity index (χ0) is 18.7. The maximum absolute atomic E-state index is 12.4. The summed E-state index contributed by atoms with van der Waals surface area (Å²) in [5.41, 5.74) is 0.629. The van der Waals surface area contributed by atoms with Crippen molar-refractivity contribution in [3.8, 4) is 0 Å². The summed E-state index contributed by atoms with van der Waals surface area (Å²) in [5.74, 6) is -0.714. The Morgan fingerprint density at radius 2 is 1.68 bits per heavy atom. The number of aliphatic hydroxyl groups is 1. The minimum atomic E-state index is -1.27. The lowest BCUT2D eigenvalue weighted by molar-refractivity contribution is -0.129. The molecule has 0 saturated carbocycles. The van der Waals surface area contributed by atoms with Crippen LogP contribution in [0.2, 0.25) is 0 Å². The van der Waals surface area contributed by atoms with E-state index in [4.69, 9.17) is 0 Å². The Kier molecular flexibility index (Phi) is 9.85. The van der Waals surface area contributed by atoms with Crippen molar-refractivity contribution in [3.63, 3.8) is 0 Å². The van der Waals surface area contributed by atoms with Crippen LogP contribution in [0.5, 0.6) is 0 Å². The van der Waals surface area contributed by atoms with Gasteiger partial charge in [-0.15, -0.1) is 0 Å². The minimum absolute atomic E-state index is 0.102. The summed E-state index contributed by atoms with van der Waals surface area (Å²) in [6, 6.07) is 8.44. The molecule has 2 amide bonds. The summed E-state index contributed by atoms with van der Waals surface area (Å²) < 4.78 is 0. The van der Waals surface area contributed by atoms with Crippen LogP contribution >= 0.6 is 0 Å². The summed E-state index contributed by atoms with van der Waals surface area (Å²) in [6.45, 7) is 6.00. The smallest absolute Gasteiger partial charge is 0.255 e. The van der Waals surface area contributed by atoms with Crippen molar-refractivity contribution < 1.29 is 14.7 Å². The lowest BCUT2D eigenvalue weighted by atomic mass is 9.99. The third kappa shape index (κ3) is 7.69. The molecular formula is C20H32N2O3. The van der Waals surface area contributed by atoms with Gasteiger partial charge in [0.2, 0.25) is 5.91 Å². The first-order chi connectivity index (χ1) is 12.0.